The van der Waals surface area contributed by atoms with E-state index < -0.39 is 18.0 Å². The Balaban J connectivity index is 3.26. The van der Waals surface area contributed by atoms with E-state index in [4.69, 9.17) is 5.11 Å². The molecule has 1 rings (SSSR count). The molecule has 0 saturated carbocycles. The van der Waals surface area contributed by atoms with Crippen molar-refractivity contribution in [3.8, 4) is 5.88 Å². The number of rotatable bonds is 4. The average molecular weight is 296 g/mol. The van der Waals surface area contributed by atoms with Crippen molar-refractivity contribution < 1.29 is 23.4 Å². The molecular weight excluding hydrogens is 288 g/mol. The molecule has 0 aliphatic carbocycles. The third-order valence-electron chi connectivity index (χ3n) is 1.84. The molecule has 1 heterocycles. The fourth-order valence-electron chi connectivity index (χ4n) is 1.17. The number of carboxylic acids is 1. The summed E-state index contributed by atoms with van der Waals surface area (Å²) in [5.41, 5.74) is -0.246. The maximum atomic E-state index is 12.7. The Kier molecular flexibility index (Phi) is 4.17. The number of alkyl halides is 2. The van der Waals surface area contributed by atoms with Crippen molar-refractivity contribution >= 4 is 21.9 Å². The van der Waals surface area contributed by atoms with Crippen molar-refractivity contribution in [1.82, 2.24) is 4.98 Å². The van der Waals surface area contributed by atoms with Gasteiger partial charge in [0.1, 0.15) is 0 Å². The summed E-state index contributed by atoms with van der Waals surface area (Å²) in [4.78, 5) is 14.1. The SMILES string of the molecule is COc1ncc(CC(=O)O)c(Br)c1C(F)F. The number of halogens is 3. The minimum Gasteiger partial charge on any atom is -0.481 e. The van der Waals surface area contributed by atoms with Gasteiger partial charge in [-0.15, -0.1) is 0 Å². The quantitative estimate of drug-likeness (QED) is 0.927. The van der Waals surface area contributed by atoms with E-state index in [9.17, 15) is 13.6 Å². The molecule has 0 bridgehead atoms. The molecule has 0 aliphatic heterocycles. The lowest BCUT2D eigenvalue weighted by atomic mass is 10.1. The number of carboxylic acid groups (broad SMARTS) is 1. The van der Waals surface area contributed by atoms with Crippen LogP contribution < -0.4 is 4.74 Å². The number of hydrogen-bond acceptors (Lipinski definition) is 3. The topological polar surface area (TPSA) is 59.4 Å². The second kappa shape index (κ2) is 5.20. The summed E-state index contributed by atoms with van der Waals surface area (Å²) in [7, 11) is 1.22. The molecule has 0 saturated heterocycles. The Morgan fingerprint density at radius 3 is 2.75 bits per heavy atom. The van der Waals surface area contributed by atoms with Crippen molar-refractivity contribution in [1.29, 1.82) is 0 Å². The van der Waals surface area contributed by atoms with Crippen molar-refractivity contribution in [3.63, 3.8) is 0 Å². The summed E-state index contributed by atoms with van der Waals surface area (Å²) in [6.07, 6.45) is -1.97. The molecule has 1 aromatic heterocycles. The van der Waals surface area contributed by atoms with Crippen LogP contribution >= 0.6 is 15.9 Å². The first-order valence-electron chi connectivity index (χ1n) is 4.18. The first-order chi connectivity index (χ1) is 7.47. The first-order valence-corrected chi connectivity index (χ1v) is 4.97. The van der Waals surface area contributed by atoms with Gasteiger partial charge in [0.15, 0.2) is 0 Å². The van der Waals surface area contributed by atoms with Gasteiger partial charge in [-0.05, 0) is 21.5 Å². The van der Waals surface area contributed by atoms with Crippen LogP contribution in [-0.4, -0.2) is 23.2 Å². The van der Waals surface area contributed by atoms with Gasteiger partial charge < -0.3 is 9.84 Å². The van der Waals surface area contributed by atoms with Crippen LogP contribution in [0.2, 0.25) is 0 Å². The van der Waals surface area contributed by atoms with E-state index in [1.54, 1.807) is 0 Å². The number of nitrogens with zero attached hydrogens (tertiary/aromatic N) is 1. The van der Waals surface area contributed by atoms with Gasteiger partial charge in [0.25, 0.3) is 6.43 Å². The molecular formula is C9H8BrF2NO3. The van der Waals surface area contributed by atoms with Crippen LogP contribution in [0.5, 0.6) is 5.88 Å². The van der Waals surface area contributed by atoms with Gasteiger partial charge in [0.2, 0.25) is 5.88 Å². The van der Waals surface area contributed by atoms with Crippen LogP contribution in [0.3, 0.4) is 0 Å². The molecule has 0 fully saturated rings. The molecule has 7 heteroatoms. The molecule has 0 atom stereocenters. The largest absolute Gasteiger partial charge is 0.481 e. The smallest absolute Gasteiger partial charge is 0.307 e. The van der Waals surface area contributed by atoms with Crippen molar-refractivity contribution in [2.24, 2.45) is 0 Å². The average Bonchev–Trinajstić information content (AvgIpc) is 2.19. The van der Waals surface area contributed by atoms with Gasteiger partial charge in [0.05, 0.1) is 19.1 Å². The molecule has 0 amide bonds. The third-order valence-corrected chi connectivity index (χ3v) is 2.78. The lowest BCUT2D eigenvalue weighted by molar-refractivity contribution is -0.136. The fourth-order valence-corrected chi connectivity index (χ4v) is 1.75. The molecule has 0 spiro atoms. The summed E-state index contributed by atoms with van der Waals surface area (Å²) in [5, 5.41) is 8.58. The summed E-state index contributed by atoms with van der Waals surface area (Å²) >= 11 is 2.94. The Labute approximate surface area is 98.4 Å². The number of hydrogen-bond donors (Lipinski definition) is 1. The van der Waals surface area contributed by atoms with E-state index in [2.05, 4.69) is 25.7 Å². The molecule has 1 aromatic rings. The lowest BCUT2D eigenvalue weighted by Gasteiger charge is -2.11. The van der Waals surface area contributed by atoms with Crippen molar-refractivity contribution in [2.75, 3.05) is 7.11 Å². The number of aromatic nitrogens is 1. The highest BCUT2D eigenvalue weighted by atomic mass is 79.9. The zero-order valence-electron chi connectivity index (χ0n) is 8.21. The zero-order chi connectivity index (χ0) is 12.3. The van der Waals surface area contributed by atoms with E-state index in [0.29, 0.717) is 0 Å². The minimum absolute atomic E-state index is 0.0248. The first kappa shape index (κ1) is 12.8. The highest BCUT2D eigenvalue weighted by Crippen LogP contribution is 2.36. The predicted molar refractivity (Wildman–Crippen MR) is 54.8 cm³/mol. The molecule has 0 unspecified atom stereocenters. The highest BCUT2D eigenvalue weighted by Gasteiger charge is 2.22. The maximum absolute atomic E-state index is 12.7. The standard InChI is InChI=1S/C9H8BrF2NO3/c1-16-9-6(8(11)12)7(10)4(3-13-9)2-5(14)15/h3,8H,2H2,1H3,(H,14,15). The molecule has 1 N–H and O–H groups in total. The summed E-state index contributed by atoms with van der Waals surface area (Å²) in [6, 6.07) is 0. The van der Waals surface area contributed by atoms with E-state index in [1.165, 1.54) is 13.3 Å². The van der Waals surface area contributed by atoms with Crippen LogP contribution in [0.25, 0.3) is 0 Å². The Morgan fingerprint density at radius 2 is 2.31 bits per heavy atom. The van der Waals surface area contributed by atoms with Crippen LogP contribution in [0.15, 0.2) is 10.7 Å². The number of ether oxygens (including phenoxy) is 1. The Bertz CT molecular complexity index is 412. The maximum Gasteiger partial charge on any atom is 0.307 e. The van der Waals surface area contributed by atoms with Gasteiger partial charge in [-0.2, -0.15) is 0 Å². The molecule has 4 nitrogen and oxygen atoms in total. The van der Waals surface area contributed by atoms with E-state index in [-0.39, 0.29) is 22.3 Å². The molecule has 0 radical (unpaired) electrons. The normalized spacial score (nSPS) is 10.6. The van der Waals surface area contributed by atoms with E-state index in [0.717, 1.165) is 0 Å². The zero-order valence-corrected chi connectivity index (χ0v) is 9.79. The summed E-state index contributed by atoms with van der Waals surface area (Å²) < 4.78 is 30.1. The van der Waals surface area contributed by atoms with Crippen LogP contribution in [0.1, 0.15) is 17.6 Å². The molecule has 16 heavy (non-hydrogen) atoms. The number of pyridine rings is 1. The second-order valence-electron chi connectivity index (χ2n) is 2.89. The monoisotopic (exact) mass is 295 g/mol. The Hall–Kier alpha value is -1.24. The number of carbonyl (C=O) groups is 1. The third kappa shape index (κ3) is 2.66. The summed E-state index contributed by atoms with van der Waals surface area (Å²) in [6.45, 7) is 0. The van der Waals surface area contributed by atoms with Crippen molar-refractivity contribution in [3.05, 3.63) is 21.8 Å². The second-order valence-corrected chi connectivity index (χ2v) is 3.68. The molecule has 88 valence electrons. The van der Waals surface area contributed by atoms with E-state index >= 15 is 0 Å². The van der Waals surface area contributed by atoms with E-state index in [1.807, 2.05) is 0 Å². The van der Waals surface area contributed by atoms with Gasteiger partial charge in [0, 0.05) is 10.7 Å². The molecule has 0 aliphatic rings. The van der Waals surface area contributed by atoms with Gasteiger partial charge in [-0.25, -0.2) is 13.8 Å². The summed E-state index contributed by atoms with van der Waals surface area (Å²) in [5.74, 6) is -1.33. The molecule has 0 aromatic carbocycles. The van der Waals surface area contributed by atoms with Crippen LogP contribution in [-0.2, 0) is 11.2 Å². The van der Waals surface area contributed by atoms with Crippen LogP contribution in [0.4, 0.5) is 8.78 Å². The number of aliphatic carboxylic acids is 1. The van der Waals surface area contributed by atoms with Crippen molar-refractivity contribution in [2.45, 2.75) is 12.8 Å². The fraction of sp³-hybridized carbons (Fsp3) is 0.333. The Morgan fingerprint density at radius 1 is 1.69 bits per heavy atom. The lowest BCUT2D eigenvalue weighted by Crippen LogP contribution is -2.05. The highest BCUT2D eigenvalue weighted by molar-refractivity contribution is 9.10. The van der Waals surface area contributed by atoms with Gasteiger partial charge in [-0.3, -0.25) is 4.79 Å². The number of methoxy groups -OCH3 is 1. The van der Waals surface area contributed by atoms with Crippen LogP contribution in [0, 0.1) is 0 Å². The van der Waals surface area contributed by atoms with Gasteiger partial charge >= 0.3 is 5.97 Å². The minimum atomic E-state index is -2.79. The van der Waals surface area contributed by atoms with Gasteiger partial charge in [-0.1, -0.05) is 0 Å². The predicted octanol–water partition coefficient (Wildman–Crippen LogP) is 2.42.